The Balaban J connectivity index is 1.54. The summed E-state index contributed by atoms with van der Waals surface area (Å²) in [5.74, 6) is -0.164. The summed E-state index contributed by atoms with van der Waals surface area (Å²) in [6.45, 7) is 2.10. The first-order valence-corrected chi connectivity index (χ1v) is 9.58. The zero-order chi connectivity index (χ0) is 19.4. The maximum atomic E-state index is 13.3. The van der Waals surface area contributed by atoms with Crippen LogP contribution in [0.5, 0.6) is 5.75 Å². The molecule has 0 aromatic heterocycles. The van der Waals surface area contributed by atoms with Crippen LogP contribution in [0, 0.1) is 23.7 Å². The lowest BCUT2D eigenvalue weighted by Crippen LogP contribution is -2.33. The van der Waals surface area contributed by atoms with Crippen LogP contribution in [0.4, 0.5) is 5.69 Å². The molecule has 2 aliphatic carbocycles. The molecule has 2 bridgehead atoms. The van der Waals surface area contributed by atoms with Crippen LogP contribution in [-0.2, 0) is 9.59 Å². The van der Waals surface area contributed by atoms with Crippen LogP contribution in [0.3, 0.4) is 0 Å². The van der Waals surface area contributed by atoms with E-state index in [-0.39, 0.29) is 35.5 Å². The number of carbonyl (C=O) groups is 2. The van der Waals surface area contributed by atoms with E-state index in [4.69, 9.17) is 4.74 Å². The van der Waals surface area contributed by atoms with Gasteiger partial charge in [-0.15, -0.1) is 0 Å². The van der Waals surface area contributed by atoms with Gasteiger partial charge in [-0.2, -0.15) is 0 Å². The molecule has 4 nitrogen and oxygen atoms in total. The molecule has 2 aromatic carbocycles. The van der Waals surface area contributed by atoms with Crippen LogP contribution < -0.4 is 9.64 Å². The fourth-order valence-electron chi connectivity index (χ4n) is 5.12. The predicted molar refractivity (Wildman–Crippen MR) is 108 cm³/mol. The molecule has 2 amide bonds. The van der Waals surface area contributed by atoms with Crippen LogP contribution in [-0.4, -0.2) is 18.9 Å². The minimum absolute atomic E-state index is 0.00210. The van der Waals surface area contributed by atoms with Crippen LogP contribution in [0.1, 0.15) is 12.5 Å². The van der Waals surface area contributed by atoms with Gasteiger partial charge in [-0.25, -0.2) is 4.90 Å². The number of anilines is 1. The van der Waals surface area contributed by atoms with Gasteiger partial charge in [0.25, 0.3) is 0 Å². The standard InChI is InChI=1S/C24H21NO3/c1-14(15-7-4-3-5-8-15)20-18-11-12-19(20)22-21(18)23(26)25(24(22)27)16-9-6-10-17(13-16)28-2/h3-13,18-19,21-22H,1-2H3/t18-,19-,21-,22-/m0/s1. The first-order chi connectivity index (χ1) is 13.6. The molecule has 4 atom stereocenters. The molecule has 1 heterocycles. The van der Waals surface area contributed by atoms with Gasteiger partial charge in [0.2, 0.25) is 11.8 Å². The number of fused-ring (bicyclic) bond motifs is 5. The van der Waals surface area contributed by atoms with Crippen LogP contribution in [0.25, 0.3) is 5.57 Å². The van der Waals surface area contributed by atoms with E-state index in [1.807, 2.05) is 24.3 Å². The molecular weight excluding hydrogens is 350 g/mol. The Kier molecular flexibility index (Phi) is 3.76. The lowest BCUT2D eigenvalue weighted by atomic mass is 9.85. The highest BCUT2D eigenvalue weighted by Crippen LogP contribution is 2.58. The molecule has 1 saturated heterocycles. The minimum Gasteiger partial charge on any atom is -0.497 e. The molecule has 0 radical (unpaired) electrons. The first kappa shape index (κ1) is 17.0. The quantitative estimate of drug-likeness (QED) is 0.603. The van der Waals surface area contributed by atoms with Gasteiger partial charge in [0.05, 0.1) is 24.6 Å². The zero-order valence-electron chi connectivity index (χ0n) is 15.8. The largest absolute Gasteiger partial charge is 0.497 e. The lowest BCUT2D eigenvalue weighted by Gasteiger charge is -2.20. The van der Waals surface area contributed by atoms with Gasteiger partial charge >= 0.3 is 0 Å². The topological polar surface area (TPSA) is 46.6 Å². The van der Waals surface area contributed by atoms with E-state index in [9.17, 15) is 9.59 Å². The van der Waals surface area contributed by atoms with E-state index in [0.29, 0.717) is 11.4 Å². The van der Waals surface area contributed by atoms with Crippen molar-refractivity contribution in [2.45, 2.75) is 6.92 Å². The SMILES string of the molecule is COc1cccc(N2C(=O)[C@@H]3[C@@H](C2=O)[C@H]2C=C[C@H]3C2=C(C)c2ccccc2)c1. The molecule has 140 valence electrons. The second kappa shape index (κ2) is 6.20. The van der Waals surface area contributed by atoms with Crippen molar-refractivity contribution < 1.29 is 14.3 Å². The number of benzene rings is 2. The Labute approximate surface area is 164 Å². The molecule has 0 spiro atoms. The van der Waals surface area contributed by atoms with E-state index in [1.54, 1.807) is 25.3 Å². The molecule has 28 heavy (non-hydrogen) atoms. The molecule has 3 aliphatic rings. The normalized spacial score (nSPS) is 27.5. The summed E-state index contributed by atoms with van der Waals surface area (Å²) >= 11 is 0. The van der Waals surface area contributed by atoms with Crippen molar-refractivity contribution in [3.63, 3.8) is 0 Å². The van der Waals surface area contributed by atoms with E-state index >= 15 is 0 Å². The average molecular weight is 371 g/mol. The van der Waals surface area contributed by atoms with Crippen molar-refractivity contribution in [2.75, 3.05) is 12.0 Å². The molecule has 1 saturated carbocycles. The number of hydrogen-bond acceptors (Lipinski definition) is 3. The minimum atomic E-state index is -0.303. The molecule has 2 fully saturated rings. The van der Waals surface area contributed by atoms with Crippen molar-refractivity contribution in [1.29, 1.82) is 0 Å². The number of ether oxygens (including phenoxy) is 1. The summed E-state index contributed by atoms with van der Waals surface area (Å²) in [4.78, 5) is 28.0. The highest BCUT2D eigenvalue weighted by molar-refractivity contribution is 6.23. The van der Waals surface area contributed by atoms with Gasteiger partial charge in [0.1, 0.15) is 5.75 Å². The van der Waals surface area contributed by atoms with Gasteiger partial charge in [-0.3, -0.25) is 9.59 Å². The number of allylic oxidation sites excluding steroid dienone is 4. The van der Waals surface area contributed by atoms with Crippen molar-refractivity contribution in [1.82, 2.24) is 0 Å². The number of amides is 2. The van der Waals surface area contributed by atoms with Crippen molar-refractivity contribution >= 4 is 23.1 Å². The summed E-state index contributed by atoms with van der Waals surface area (Å²) in [7, 11) is 1.58. The Bertz CT molecular complexity index is 1000. The van der Waals surface area contributed by atoms with Gasteiger partial charge in [-0.1, -0.05) is 54.1 Å². The fraction of sp³-hybridized carbons (Fsp3) is 0.250. The van der Waals surface area contributed by atoms with E-state index in [1.165, 1.54) is 16.0 Å². The molecule has 5 rings (SSSR count). The fourth-order valence-corrected chi connectivity index (χ4v) is 5.12. The first-order valence-electron chi connectivity index (χ1n) is 9.58. The van der Waals surface area contributed by atoms with E-state index < -0.39 is 0 Å². The van der Waals surface area contributed by atoms with Crippen molar-refractivity contribution in [3.8, 4) is 5.75 Å². The number of rotatable bonds is 3. The summed E-state index contributed by atoms with van der Waals surface area (Å²) in [6, 6.07) is 17.4. The third-order valence-electron chi connectivity index (χ3n) is 6.37. The summed E-state index contributed by atoms with van der Waals surface area (Å²) in [5.41, 5.74) is 4.16. The molecule has 1 aliphatic heterocycles. The van der Waals surface area contributed by atoms with Gasteiger partial charge in [0, 0.05) is 17.9 Å². The van der Waals surface area contributed by atoms with E-state index in [0.717, 1.165) is 5.56 Å². The molecular formula is C24H21NO3. The molecule has 0 unspecified atom stereocenters. The van der Waals surface area contributed by atoms with Gasteiger partial charge < -0.3 is 4.74 Å². The summed E-state index contributed by atoms with van der Waals surface area (Å²) in [5, 5.41) is 0. The van der Waals surface area contributed by atoms with Crippen molar-refractivity contribution in [3.05, 3.63) is 77.9 Å². The predicted octanol–water partition coefficient (Wildman–Crippen LogP) is 4.09. The van der Waals surface area contributed by atoms with Gasteiger partial charge in [-0.05, 0) is 30.2 Å². The lowest BCUT2D eigenvalue weighted by molar-refractivity contribution is -0.122. The number of carbonyl (C=O) groups excluding carboxylic acids is 2. The third kappa shape index (κ3) is 2.24. The maximum absolute atomic E-state index is 13.3. The number of hydrogen-bond donors (Lipinski definition) is 0. The Morgan fingerprint density at radius 2 is 1.54 bits per heavy atom. The summed E-state index contributed by atoms with van der Waals surface area (Å²) < 4.78 is 5.26. The molecule has 2 aromatic rings. The number of nitrogens with zero attached hydrogens (tertiary/aromatic N) is 1. The zero-order valence-corrected chi connectivity index (χ0v) is 15.8. The second-order valence-electron chi connectivity index (χ2n) is 7.65. The second-order valence-corrected chi connectivity index (χ2v) is 7.65. The van der Waals surface area contributed by atoms with Crippen LogP contribution in [0.15, 0.2) is 72.3 Å². The van der Waals surface area contributed by atoms with Crippen LogP contribution in [0.2, 0.25) is 0 Å². The smallest absolute Gasteiger partial charge is 0.238 e. The molecule has 0 N–H and O–H groups in total. The maximum Gasteiger partial charge on any atom is 0.238 e. The Hall–Kier alpha value is -3.14. The average Bonchev–Trinajstić information content (AvgIpc) is 3.37. The number of imide groups is 1. The monoisotopic (exact) mass is 371 g/mol. The Morgan fingerprint density at radius 3 is 2.14 bits per heavy atom. The Morgan fingerprint density at radius 1 is 0.893 bits per heavy atom. The highest BCUT2D eigenvalue weighted by Gasteiger charge is 2.62. The number of methoxy groups -OCH3 is 1. The summed E-state index contributed by atoms with van der Waals surface area (Å²) in [6.07, 6.45) is 4.24. The molecule has 4 heteroatoms. The van der Waals surface area contributed by atoms with E-state index in [2.05, 4.69) is 31.2 Å². The van der Waals surface area contributed by atoms with Crippen LogP contribution >= 0.6 is 0 Å². The van der Waals surface area contributed by atoms with Crippen molar-refractivity contribution in [2.24, 2.45) is 23.7 Å². The van der Waals surface area contributed by atoms with Gasteiger partial charge in [0.15, 0.2) is 0 Å². The highest BCUT2D eigenvalue weighted by atomic mass is 16.5. The third-order valence-corrected chi connectivity index (χ3v) is 6.37.